The molecule has 0 bridgehead atoms. The zero-order chi connectivity index (χ0) is 17.4. The van der Waals surface area contributed by atoms with E-state index in [2.05, 4.69) is 47.2 Å². The van der Waals surface area contributed by atoms with Gasteiger partial charge in [-0.25, -0.2) is 13.1 Å². The molecule has 2 heterocycles. The van der Waals surface area contributed by atoms with Crippen LogP contribution >= 0.6 is 0 Å². The van der Waals surface area contributed by atoms with Crippen LogP contribution < -0.4 is 9.62 Å². The van der Waals surface area contributed by atoms with E-state index >= 15 is 0 Å². The van der Waals surface area contributed by atoms with Crippen molar-refractivity contribution in [3.63, 3.8) is 0 Å². The van der Waals surface area contributed by atoms with Crippen LogP contribution in [0.2, 0.25) is 0 Å². The first-order chi connectivity index (χ1) is 10.6. The molecule has 1 aliphatic heterocycles. The first-order valence-electron chi connectivity index (χ1n) is 8.26. The van der Waals surface area contributed by atoms with E-state index in [1.807, 2.05) is 18.7 Å². The predicted octanol–water partition coefficient (Wildman–Crippen LogP) is 1.50. The van der Waals surface area contributed by atoms with Crippen LogP contribution in [0.1, 0.15) is 53.8 Å². The molecular weight excluding hydrogens is 314 g/mol. The van der Waals surface area contributed by atoms with Crippen LogP contribution in [0.4, 0.5) is 5.95 Å². The Morgan fingerprint density at radius 2 is 1.96 bits per heavy atom. The van der Waals surface area contributed by atoms with Gasteiger partial charge in [-0.1, -0.05) is 20.8 Å². The van der Waals surface area contributed by atoms with Crippen LogP contribution in [0.15, 0.2) is 0 Å². The fourth-order valence-corrected chi connectivity index (χ4v) is 4.60. The number of sulfonamides is 1. The topological polar surface area (TPSA) is 80.1 Å². The summed E-state index contributed by atoms with van der Waals surface area (Å²) in [5, 5.41) is 8.28. The Kier molecular flexibility index (Phi) is 5.06. The third kappa shape index (κ3) is 3.85. The molecule has 0 spiro atoms. The molecule has 1 fully saturated rings. The van der Waals surface area contributed by atoms with Gasteiger partial charge >= 0.3 is 0 Å². The Balaban J connectivity index is 2.21. The van der Waals surface area contributed by atoms with Crippen molar-refractivity contribution in [3.8, 4) is 0 Å². The third-order valence-electron chi connectivity index (χ3n) is 3.98. The summed E-state index contributed by atoms with van der Waals surface area (Å²) in [5.74, 6) is 1.71. The fraction of sp³-hybridized carbons (Fsp3) is 0.867. The van der Waals surface area contributed by atoms with E-state index in [1.54, 1.807) is 0 Å². The van der Waals surface area contributed by atoms with Gasteiger partial charge in [0.1, 0.15) is 5.82 Å². The number of aromatic nitrogens is 3. The van der Waals surface area contributed by atoms with Crippen LogP contribution in [0, 0.1) is 0 Å². The summed E-state index contributed by atoms with van der Waals surface area (Å²) in [7, 11) is -3.29. The first kappa shape index (κ1) is 18.2. The molecule has 0 saturated carbocycles. The van der Waals surface area contributed by atoms with Crippen LogP contribution in [-0.2, 0) is 22.0 Å². The van der Waals surface area contributed by atoms with Gasteiger partial charge in [0.25, 0.3) is 0 Å². The molecular formula is C15H29N5O2S. The lowest BCUT2D eigenvalue weighted by Gasteiger charge is -2.22. The van der Waals surface area contributed by atoms with Gasteiger partial charge in [-0.2, -0.15) is 0 Å². The van der Waals surface area contributed by atoms with Crippen LogP contribution in [0.25, 0.3) is 0 Å². The first-order valence-corrected chi connectivity index (χ1v) is 9.80. The number of nitrogens with zero attached hydrogens (tertiary/aromatic N) is 4. The number of nitrogens with one attached hydrogen (secondary N) is 1. The zero-order valence-corrected chi connectivity index (χ0v) is 15.8. The Labute approximate surface area is 139 Å². The van der Waals surface area contributed by atoms with E-state index in [9.17, 15) is 8.42 Å². The van der Waals surface area contributed by atoms with Crippen molar-refractivity contribution in [1.29, 1.82) is 0 Å². The summed E-state index contributed by atoms with van der Waals surface area (Å²) in [6.07, 6.45) is 0.615. The SMILES string of the molecule is CCn1c(N2CCC(S(=O)(=O)NC(C)C)C2)nnc1C(C)(C)C. The average molecular weight is 343 g/mol. The van der Waals surface area contributed by atoms with E-state index in [-0.39, 0.29) is 11.5 Å². The molecule has 8 heteroatoms. The second-order valence-electron chi connectivity index (χ2n) is 7.49. The zero-order valence-electron chi connectivity index (χ0n) is 15.0. The Morgan fingerprint density at radius 1 is 1.30 bits per heavy atom. The molecule has 23 heavy (non-hydrogen) atoms. The van der Waals surface area contributed by atoms with Crippen molar-refractivity contribution in [2.45, 2.75) is 71.2 Å². The lowest BCUT2D eigenvalue weighted by atomic mass is 9.96. The van der Waals surface area contributed by atoms with E-state index in [1.165, 1.54) is 0 Å². The minimum Gasteiger partial charge on any atom is -0.340 e. The van der Waals surface area contributed by atoms with Gasteiger partial charge in [0.15, 0.2) is 0 Å². The predicted molar refractivity (Wildman–Crippen MR) is 92.2 cm³/mol. The van der Waals surface area contributed by atoms with Crippen molar-refractivity contribution in [2.75, 3.05) is 18.0 Å². The highest BCUT2D eigenvalue weighted by Crippen LogP contribution is 2.27. The van der Waals surface area contributed by atoms with Crippen LogP contribution in [0.5, 0.6) is 0 Å². The van der Waals surface area contributed by atoms with E-state index in [0.717, 1.165) is 18.3 Å². The van der Waals surface area contributed by atoms with E-state index < -0.39 is 15.3 Å². The van der Waals surface area contributed by atoms with E-state index in [0.29, 0.717) is 19.5 Å². The molecule has 0 aromatic carbocycles. The van der Waals surface area contributed by atoms with E-state index in [4.69, 9.17) is 0 Å². The second-order valence-corrected chi connectivity index (χ2v) is 9.48. The van der Waals surface area contributed by atoms with Crippen molar-refractivity contribution < 1.29 is 8.42 Å². The molecule has 1 aromatic heterocycles. The summed E-state index contributed by atoms with van der Waals surface area (Å²) < 4.78 is 29.5. The van der Waals surface area contributed by atoms with Crippen molar-refractivity contribution in [2.24, 2.45) is 0 Å². The monoisotopic (exact) mass is 343 g/mol. The largest absolute Gasteiger partial charge is 0.340 e. The minimum absolute atomic E-state index is 0.0826. The number of hydrogen-bond acceptors (Lipinski definition) is 5. The van der Waals surface area contributed by atoms with Gasteiger partial charge in [0, 0.05) is 31.1 Å². The number of rotatable bonds is 5. The van der Waals surface area contributed by atoms with Gasteiger partial charge in [0.05, 0.1) is 5.25 Å². The molecule has 7 nitrogen and oxygen atoms in total. The molecule has 1 N–H and O–H groups in total. The molecule has 1 aliphatic rings. The highest BCUT2D eigenvalue weighted by atomic mass is 32.2. The van der Waals surface area contributed by atoms with Crippen molar-refractivity contribution in [3.05, 3.63) is 5.82 Å². The summed E-state index contributed by atoms with van der Waals surface area (Å²) >= 11 is 0. The molecule has 0 amide bonds. The summed E-state index contributed by atoms with van der Waals surface area (Å²) in [5.41, 5.74) is -0.0916. The molecule has 1 unspecified atom stereocenters. The normalized spacial score (nSPS) is 19.8. The molecule has 2 rings (SSSR count). The second kappa shape index (κ2) is 6.39. The Morgan fingerprint density at radius 3 is 2.48 bits per heavy atom. The minimum atomic E-state index is -3.29. The summed E-state index contributed by atoms with van der Waals surface area (Å²) in [6, 6.07) is -0.0826. The van der Waals surface area contributed by atoms with Gasteiger partial charge in [-0.3, -0.25) is 4.57 Å². The fourth-order valence-electron chi connectivity index (χ4n) is 2.96. The average Bonchev–Trinajstić information content (AvgIpc) is 3.02. The maximum absolute atomic E-state index is 12.4. The van der Waals surface area contributed by atoms with Crippen LogP contribution in [-0.4, -0.2) is 47.6 Å². The van der Waals surface area contributed by atoms with Gasteiger partial charge in [0.2, 0.25) is 16.0 Å². The van der Waals surface area contributed by atoms with Gasteiger partial charge in [-0.05, 0) is 27.2 Å². The highest BCUT2D eigenvalue weighted by molar-refractivity contribution is 7.90. The van der Waals surface area contributed by atoms with Gasteiger partial charge in [-0.15, -0.1) is 10.2 Å². The third-order valence-corrected chi connectivity index (χ3v) is 6.05. The number of anilines is 1. The Hall–Kier alpha value is -1.15. The smallest absolute Gasteiger partial charge is 0.227 e. The lowest BCUT2D eigenvalue weighted by Crippen LogP contribution is -2.40. The molecule has 0 radical (unpaired) electrons. The molecule has 1 aromatic rings. The summed E-state index contributed by atoms with van der Waals surface area (Å²) in [4.78, 5) is 2.04. The standard InChI is InChI=1S/C15H29N5O2S/c1-7-20-13(15(4,5)6)16-17-14(20)19-9-8-12(10-19)23(21,22)18-11(2)3/h11-12,18H,7-10H2,1-6H3. The molecule has 132 valence electrons. The Bertz CT molecular complexity index is 645. The molecule has 1 atom stereocenters. The maximum Gasteiger partial charge on any atom is 0.227 e. The van der Waals surface area contributed by atoms with Crippen LogP contribution in [0.3, 0.4) is 0 Å². The quantitative estimate of drug-likeness (QED) is 0.876. The van der Waals surface area contributed by atoms with Gasteiger partial charge < -0.3 is 4.90 Å². The highest BCUT2D eigenvalue weighted by Gasteiger charge is 2.36. The lowest BCUT2D eigenvalue weighted by molar-refractivity contribution is 0.504. The van der Waals surface area contributed by atoms with Crippen molar-refractivity contribution in [1.82, 2.24) is 19.5 Å². The molecule has 1 saturated heterocycles. The molecule has 0 aliphatic carbocycles. The maximum atomic E-state index is 12.4. The number of hydrogen-bond donors (Lipinski definition) is 1. The summed E-state index contributed by atoms with van der Waals surface area (Å²) in [6.45, 7) is 14.0. The van der Waals surface area contributed by atoms with Crippen molar-refractivity contribution >= 4 is 16.0 Å².